The summed E-state index contributed by atoms with van der Waals surface area (Å²) in [5.74, 6) is 0.797. The Morgan fingerprint density at radius 2 is 1.65 bits per heavy atom. The highest BCUT2D eigenvalue weighted by Crippen LogP contribution is 2.19. The maximum Gasteiger partial charge on any atom is 0.119 e. The smallest absolute Gasteiger partial charge is 0.119 e. The number of nitrogens with two attached hydrogens (primary N) is 1. The summed E-state index contributed by atoms with van der Waals surface area (Å²) >= 11 is 0. The second kappa shape index (κ2) is 7.90. The molecule has 3 nitrogen and oxygen atoms in total. The van der Waals surface area contributed by atoms with E-state index in [1.807, 2.05) is 54.6 Å². The number of ether oxygens (including phenoxy) is 1. The average Bonchev–Trinajstić information content (AvgIpc) is 2.46. The van der Waals surface area contributed by atoms with E-state index in [2.05, 4.69) is 0 Å². The molecule has 3 N–H and O–H groups in total. The SMILES string of the molecule is C[C@@H](O)[C@@H](N)c1ccc(OCc2ccccc2)cc1.Cl. The van der Waals surface area contributed by atoms with E-state index in [1.165, 1.54) is 0 Å². The Bertz CT molecular complexity index is 500. The molecular formula is C16H20ClNO2. The molecule has 0 unspecified atom stereocenters. The molecule has 2 aromatic rings. The first-order chi connectivity index (χ1) is 9.16. The molecule has 0 saturated carbocycles. The van der Waals surface area contributed by atoms with E-state index in [1.54, 1.807) is 6.92 Å². The van der Waals surface area contributed by atoms with Gasteiger partial charge in [0.1, 0.15) is 12.4 Å². The molecule has 20 heavy (non-hydrogen) atoms. The van der Waals surface area contributed by atoms with Crippen LogP contribution in [0.4, 0.5) is 0 Å². The molecule has 0 aliphatic carbocycles. The lowest BCUT2D eigenvalue weighted by Crippen LogP contribution is -2.22. The van der Waals surface area contributed by atoms with E-state index in [9.17, 15) is 5.11 Å². The van der Waals surface area contributed by atoms with Crippen LogP contribution in [0, 0.1) is 0 Å². The van der Waals surface area contributed by atoms with E-state index in [-0.39, 0.29) is 18.4 Å². The quantitative estimate of drug-likeness (QED) is 0.891. The number of aliphatic hydroxyl groups is 1. The van der Waals surface area contributed by atoms with Crippen LogP contribution in [0.2, 0.25) is 0 Å². The van der Waals surface area contributed by atoms with Gasteiger partial charge in [-0.2, -0.15) is 0 Å². The zero-order chi connectivity index (χ0) is 13.7. The molecule has 2 rings (SSSR count). The Morgan fingerprint density at radius 1 is 1.05 bits per heavy atom. The fraction of sp³-hybridized carbons (Fsp3) is 0.250. The van der Waals surface area contributed by atoms with Crippen LogP contribution in [0.15, 0.2) is 54.6 Å². The van der Waals surface area contributed by atoms with Crippen LogP contribution in [-0.2, 0) is 6.61 Å². The molecule has 0 saturated heterocycles. The Hall–Kier alpha value is -1.55. The van der Waals surface area contributed by atoms with Gasteiger partial charge in [-0.1, -0.05) is 42.5 Å². The summed E-state index contributed by atoms with van der Waals surface area (Å²) in [7, 11) is 0. The van der Waals surface area contributed by atoms with Crippen LogP contribution < -0.4 is 10.5 Å². The molecule has 0 radical (unpaired) electrons. The van der Waals surface area contributed by atoms with E-state index in [0.717, 1.165) is 16.9 Å². The second-order valence-electron chi connectivity index (χ2n) is 4.61. The van der Waals surface area contributed by atoms with Crippen molar-refractivity contribution >= 4 is 12.4 Å². The highest BCUT2D eigenvalue weighted by atomic mass is 35.5. The first-order valence-electron chi connectivity index (χ1n) is 6.37. The van der Waals surface area contributed by atoms with Crippen molar-refractivity contribution < 1.29 is 9.84 Å². The summed E-state index contributed by atoms with van der Waals surface area (Å²) in [4.78, 5) is 0. The molecule has 0 bridgehead atoms. The van der Waals surface area contributed by atoms with Crippen LogP contribution in [0.1, 0.15) is 24.1 Å². The molecule has 0 heterocycles. The third-order valence-electron chi connectivity index (χ3n) is 3.03. The fourth-order valence-electron chi connectivity index (χ4n) is 1.81. The maximum atomic E-state index is 9.44. The van der Waals surface area contributed by atoms with Gasteiger partial charge in [0.15, 0.2) is 0 Å². The molecule has 0 amide bonds. The average molecular weight is 294 g/mol. The van der Waals surface area contributed by atoms with Gasteiger partial charge in [-0.25, -0.2) is 0 Å². The lowest BCUT2D eigenvalue weighted by atomic mass is 10.0. The van der Waals surface area contributed by atoms with Gasteiger partial charge in [0.2, 0.25) is 0 Å². The summed E-state index contributed by atoms with van der Waals surface area (Å²) < 4.78 is 5.68. The Balaban J connectivity index is 0.00000200. The minimum absolute atomic E-state index is 0. The predicted molar refractivity (Wildman–Crippen MR) is 83.1 cm³/mol. The molecule has 0 aliphatic rings. The minimum Gasteiger partial charge on any atom is -0.489 e. The molecule has 2 aromatic carbocycles. The van der Waals surface area contributed by atoms with Gasteiger partial charge in [0.25, 0.3) is 0 Å². The standard InChI is InChI=1S/C16H19NO2.ClH/c1-12(18)16(17)14-7-9-15(10-8-14)19-11-13-5-3-2-4-6-13;/h2-10,12,16,18H,11,17H2,1H3;1H/t12-,16-;/m1./s1. The number of benzene rings is 2. The molecule has 108 valence electrons. The van der Waals surface area contributed by atoms with Gasteiger partial charge in [-0.15, -0.1) is 12.4 Å². The summed E-state index contributed by atoms with van der Waals surface area (Å²) in [6.07, 6.45) is -0.559. The van der Waals surface area contributed by atoms with Crippen LogP contribution in [-0.4, -0.2) is 11.2 Å². The van der Waals surface area contributed by atoms with Crippen LogP contribution >= 0.6 is 12.4 Å². The van der Waals surface area contributed by atoms with E-state index in [4.69, 9.17) is 10.5 Å². The highest BCUT2D eigenvalue weighted by molar-refractivity contribution is 5.85. The van der Waals surface area contributed by atoms with Crippen LogP contribution in [0.25, 0.3) is 0 Å². The lowest BCUT2D eigenvalue weighted by molar-refractivity contribution is 0.164. The summed E-state index contributed by atoms with van der Waals surface area (Å²) in [5.41, 5.74) is 7.90. The Labute approximate surface area is 125 Å². The molecule has 0 fully saturated rings. The van der Waals surface area contributed by atoms with Gasteiger partial charge in [0, 0.05) is 0 Å². The van der Waals surface area contributed by atoms with Crippen molar-refractivity contribution in [1.29, 1.82) is 0 Å². The van der Waals surface area contributed by atoms with Crippen molar-refractivity contribution in [3.05, 3.63) is 65.7 Å². The molecule has 0 spiro atoms. The number of rotatable bonds is 5. The van der Waals surface area contributed by atoms with Crippen LogP contribution in [0.3, 0.4) is 0 Å². The molecule has 0 aliphatic heterocycles. The fourth-order valence-corrected chi connectivity index (χ4v) is 1.81. The van der Waals surface area contributed by atoms with Crippen molar-refractivity contribution in [3.8, 4) is 5.75 Å². The summed E-state index contributed by atoms with van der Waals surface area (Å²) in [6.45, 7) is 2.23. The van der Waals surface area contributed by atoms with Crippen LogP contribution in [0.5, 0.6) is 5.75 Å². The van der Waals surface area contributed by atoms with E-state index < -0.39 is 6.10 Å². The Kier molecular flexibility index (Phi) is 6.52. The molecule has 2 atom stereocenters. The number of halogens is 1. The zero-order valence-electron chi connectivity index (χ0n) is 11.4. The van der Waals surface area contributed by atoms with E-state index >= 15 is 0 Å². The number of aliphatic hydroxyl groups excluding tert-OH is 1. The van der Waals surface area contributed by atoms with Gasteiger partial charge < -0.3 is 15.6 Å². The first-order valence-corrected chi connectivity index (χ1v) is 6.37. The van der Waals surface area contributed by atoms with Crippen molar-refractivity contribution in [3.63, 3.8) is 0 Å². The van der Waals surface area contributed by atoms with Gasteiger partial charge in [0.05, 0.1) is 12.1 Å². The molecule has 0 aromatic heterocycles. The highest BCUT2D eigenvalue weighted by Gasteiger charge is 2.11. The topological polar surface area (TPSA) is 55.5 Å². The van der Waals surface area contributed by atoms with Crippen molar-refractivity contribution in [2.24, 2.45) is 5.73 Å². The zero-order valence-corrected chi connectivity index (χ0v) is 12.2. The molecule has 4 heteroatoms. The lowest BCUT2D eigenvalue weighted by Gasteiger charge is -2.15. The van der Waals surface area contributed by atoms with Gasteiger partial charge in [-0.05, 0) is 30.2 Å². The number of hydrogen-bond donors (Lipinski definition) is 2. The predicted octanol–water partition coefficient (Wildman–Crippen LogP) is 3.07. The number of hydrogen-bond acceptors (Lipinski definition) is 3. The summed E-state index contributed by atoms with van der Waals surface area (Å²) in [6, 6.07) is 17.2. The monoisotopic (exact) mass is 293 g/mol. The van der Waals surface area contributed by atoms with Crippen molar-refractivity contribution in [2.75, 3.05) is 0 Å². The van der Waals surface area contributed by atoms with Crippen molar-refractivity contribution in [2.45, 2.75) is 25.7 Å². The maximum absolute atomic E-state index is 9.44. The van der Waals surface area contributed by atoms with E-state index in [0.29, 0.717) is 6.61 Å². The van der Waals surface area contributed by atoms with Gasteiger partial charge in [-0.3, -0.25) is 0 Å². The van der Waals surface area contributed by atoms with Crippen molar-refractivity contribution in [1.82, 2.24) is 0 Å². The third-order valence-corrected chi connectivity index (χ3v) is 3.03. The second-order valence-corrected chi connectivity index (χ2v) is 4.61. The largest absolute Gasteiger partial charge is 0.489 e. The molecular weight excluding hydrogens is 274 g/mol. The first kappa shape index (κ1) is 16.5. The minimum atomic E-state index is -0.559. The third kappa shape index (κ3) is 4.53. The normalized spacial score (nSPS) is 13.2. The summed E-state index contributed by atoms with van der Waals surface area (Å²) in [5, 5.41) is 9.44. The van der Waals surface area contributed by atoms with Gasteiger partial charge >= 0.3 is 0 Å². The Morgan fingerprint density at radius 3 is 2.20 bits per heavy atom.